The second-order valence-electron chi connectivity index (χ2n) is 8.22. The molecule has 6 nitrogen and oxygen atoms in total. The molecule has 2 heterocycles. The highest BCUT2D eigenvalue weighted by Gasteiger charge is 2.42. The van der Waals surface area contributed by atoms with Gasteiger partial charge in [-0.3, -0.25) is 4.79 Å². The maximum absolute atomic E-state index is 13.3. The zero-order chi connectivity index (χ0) is 25.2. The van der Waals surface area contributed by atoms with E-state index in [0.717, 1.165) is 17.7 Å². The van der Waals surface area contributed by atoms with E-state index in [1.165, 1.54) is 29.0 Å². The Bertz CT molecular complexity index is 1410. The highest BCUT2D eigenvalue weighted by molar-refractivity contribution is 5.85. The molecule has 2 aromatic carbocycles. The van der Waals surface area contributed by atoms with Crippen LogP contribution in [0.15, 0.2) is 67.0 Å². The van der Waals surface area contributed by atoms with Crippen molar-refractivity contribution in [1.29, 1.82) is 5.26 Å². The van der Waals surface area contributed by atoms with E-state index >= 15 is 0 Å². The number of halogens is 3. The summed E-state index contributed by atoms with van der Waals surface area (Å²) in [7, 11) is 0. The summed E-state index contributed by atoms with van der Waals surface area (Å²) in [5, 5.41) is 14.3. The maximum Gasteiger partial charge on any atom is 0.416 e. The topological polar surface area (TPSA) is 80.3 Å². The van der Waals surface area contributed by atoms with Crippen LogP contribution in [-0.2, 0) is 27.5 Å². The standard InChI is InChI=1S/C26H21F3N4O2/c1-3-35-24(34)25(2,13-17-7-5-4-6-8-17)22-19(14-30)15-31-23-21(16-32-33(22)23)18-9-11-20(12-10-18)26(27,28)29/h4-12,15-16H,3,13H2,1-2H3. The highest BCUT2D eigenvalue weighted by Crippen LogP contribution is 2.35. The van der Waals surface area contributed by atoms with Crippen LogP contribution in [0.2, 0.25) is 0 Å². The number of aromatic nitrogens is 3. The normalized spacial score (nSPS) is 13.3. The summed E-state index contributed by atoms with van der Waals surface area (Å²) in [6, 6.07) is 16.1. The van der Waals surface area contributed by atoms with Crippen LogP contribution >= 0.6 is 0 Å². The molecule has 0 aliphatic heterocycles. The van der Waals surface area contributed by atoms with Gasteiger partial charge in [0.05, 0.1) is 29.6 Å². The third kappa shape index (κ3) is 4.47. The summed E-state index contributed by atoms with van der Waals surface area (Å²) in [6.07, 6.45) is -1.41. The fourth-order valence-corrected chi connectivity index (χ4v) is 4.13. The molecule has 4 aromatic rings. The van der Waals surface area contributed by atoms with E-state index < -0.39 is 23.1 Å². The third-order valence-electron chi connectivity index (χ3n) is 5.82. The van der Waals surface area contributed by atoms with Crippen molar-refractivity contribution >= 4 is 11.6 Å². The van der Waals surface area contributed by atoms with Crippen molar-refractivity contribution in [3.05, 3.63) is 89.4 Å². The number of carbonyl (C=O) groups excluding carboxylic acids is 1. The SMILES string of the molecule is CCOC(=O)C(C)(Cc1ccccc1)c1c(C#N)cnc2c(-c3ccc(C(F)(F)F)cc3)cnn12. The molecule has 0 saturated heterocycles. The summed E-state index contributed by atoms with van der Waals surface area (Å²) in [4.78, 5) is 17.6. The predicted molar refractivity (Wildman–Crippen MR) is 122 cm³/mol. The lowest BCUT2D eigenvalue weighted by molar-refractivity contribution is -0.149. The van der Waals surface area contributed by atoms with E-state index in [1.807, 2.05) is 30.3 Å². The monoisotopic (exact) mass is 478 g/mol. The van der Waals surface area contributed by atoms with Gasteiger partial charge in [-0.15, -0.1) is 0 Å². The number of ether oxygens (including phenoxy) is 1. The molecular formula is C26H21F3N4O2. The van der Waals surface area contributed by atoms with Gasteiger partial charge >= 0.3 is 12.1 Å². The predicted octanol–water partition coefficient (Wildman–Crippen LogP) is 5.35. The van der Waals surface area contributed by atoms with Crippen molar-refractivity contribution in [2.24, 2.45) is 0 Å². The minimum Gasteiger partial charge on any atom is -0.465 e. The molecule has 1 unspecified atom stereocenters. The number of nitrogens with zero attached hydrogens (tertiary/aromatic N) is 4. The number of hydrogen-bond donors (Lipinski definition) is 0. The molecule has 0 amide bonds. The van der Waals surface area contributed by atoms with Crippen LogP contribution in [0.25, 0.3) is 16.8 Å². The summed E-state index contributed by atoms with van der Waals surface area (Å²) in [6.45, 7) is 3.53. The Morgan fingerprint density at radius 2 is 1.77 bits per heavy atom. The lowest BCUT2D eigenvalue weighted by Crippen LogP contribution is -2.39. The van der Waals surface area contributed by atoms with Crippen LogP contribution in [0, 0.1) is 11.3 Å². The molecule has 0 N–H and O–H groups in total. The molecule has 178 valence electrons. The van der Waals surface area contributed by atoms with Crippen LogP contribution in [0.3, 0.4) is 0 Å². The molecule has 35 heavy (non-hydrogen) atoms. The van der Waals surface area contributed by atoms with Gasteiger partial charge in [-0.25, -0.2) is 9.50 Å². The zero-order valence-corrected chi connectivity index (χ0v) is 19.0. The number of alkyl halides is 3. The van der Waals surface area contributed by atoms with Gasteiger partial charge in [0.2, 0.25) is 0 Å². The summed E-state index contributed by atoms with van der Waals surface area (Å²) < 4.78 is 45.8. The average molecular weight is 478 g/mol. The number of carbonyl (C=O) groups is 1. The summed E-state index contributed by atoms with van der Waals surface area (Å²) in [5.41, 5.74) is 0.474. The second kappa shape index (κ2) is 9.22. The van der Waals surface area contributed by atoms with Crippen LogP contribution in [0.4, 0.5) is 13.2 Å². The molecule has 0 spiro atoms. The van der Waals surface area contributed by atoms with E-state index in [1.54, 1.807) is 13.8 Å². The smallest absolute Gasteiger partial charge is 0.416 e. The van der Waals surface area contributed by atoms with Gasteiger partial charge in [-0.05, 0) is 43.5 Å². The van der Waals surface area contributed by atoms with Crippen molar-refractivity contribution in [3.8, 4) is 17.2 Å². The fraction of sp³-hybridized carbons (Fsp3) is 0.231. The fourth-order valence-electron chi connectivity index (χ4n) is 4.13. The van der Waals surface area contributed by atoms with Gasteiger partial charge in [-0.1, -0.05) is 42.5 Å². The number of rotatable bonds is 6. The number of fused-ring (bicyclic) bond motifs is 1. The van der Waals surface area contributed by atoms with E-state index in [-0.39, 0.29) is 18.6 Å². The molecule has 1 atom stereocenters. The van der Waals surface area contributed by atoms with Crippen LogP contribution < -0.4 is 0 Å². The summed E-state index contributed by atoms with van der Waals surface area (Å²) >= 11 is 0. The number of benzene rings is 2. The van der Waals surface area contributed by atoms with Crippen LogP contribution in [0.1, 0.15) is 36.2 Å². The molecule has 4 rings (SSSR count). The molecule has 9 heteroatoms. The molecule has 2 aromatic heterocycles. The van der Waals surface area contributed by atoms with E-state index in [0.29, 0.717) is 22.5 Å². The van der Waals surface area contributed by atoms with Crippen molar-refractivity contribution in [1.82, 2.24) is 14.6 Å². The highest BCUT2D eigenvalue weighted by atomic mass is 19.4. The number of hydrogen-bond acceptors (Lipinski definition) is 5. The van der Waals surface area contributed by atoms with Crippen molar-refractivity contribution in [3.63, 3.8) is 0 Å². The Morgan fingerprint density at radius 1 is 1.09 bits per heavy atom. The van der Waals surface area contributed by atoms with Gasteiger partial charge in [0.15, 0.2) is 5.65 Å². The lowest BCUT2D eigenvalue weighted by Gasteiger charge is -2.29. The molecule has 0 radical (unpaired) electrons. The van der Waals surface area contributed by atoms with Crippen LogP contribution in [-0.4, -0.2) is 27.2 Å². The molecule has 0 bridgehead atoms. The van der Waals surface area contributed by atoms with Gasteiger partial charge < -0.3 is 4.74 Å². The second-order valence-corrected chi connectivity index (χ2v) is 8.22. The summed E-state index contributed by atoms with van der Waals surface area (Å²) in [5.74, 6) is -0.528. The Hall–Kier alpha value is -4.19. The molecule has 0 fully saturated rings. The Labute approximate surface area is 199 Å². The maximum atomic E-state index is 13.3. The number of esters is 1. The van der Waals surface area contributed by atoms with Gasteiger partial charge in [-0.2, -0.15) is 23.5 Å². The first-order valence-corrected chi connectivity index (χ1v) is 10.8. The molecule has 0 aliphatic carbocycles. The molecule has 0 saturated carbocycles. The average Bonchev–Trinajstić information content (AvgIpc) is 3.27. The van der Waals surface area contributed by atoms with Gasteiger partial charge in [0, 0.05) is 11.8 Å². The van der Waals surface area contributed by atoms with Crippen molar-refractivity contribution < 1.29 is 22.7 Å². The largest absolute Gasteiger partial charge is 0.465 e. The van der Waals surface area contributed by atoms with Gasteiger partial charge in [0.1, 0.15) is 11.5 Å². The minimum absolute atomic E-state index is 0.144. The van der Waals surface area contributed by atoms with E-state index in [2.05, 4.69) is 16.2 Å². The van der Waals surface area contributed by atoms with E-state index in [9.17, 15) is 23.2 Å². The van der Waals surface area contributed by atoms with Gasteiger partial charge in [0.25, 0.3) is 0 Å². The lowest BCUT2D eigenvalue weighted by atomic mass is 9.78. The zero-order valence-electron chi connectivity index (χ0n) is 19.0. The third-order valence-corrected chi connectivity index (χ3v) is 5.82. The van der Waals surface area contributed by atoms with Crippen molar-refractivity contribution in [2.75, 3.05) is 6.61 Å². The van der Waals surface area contributed by atoms with Crippen LogP contribution in [0.5, 0.6) is 0 Å². The molecular weight excluding hydrogens is 457 g/mol. The Balaban J connectivity index is 1.91. The minimum atomic E-state index is -4.45. The first-order chi connectivity index (χ1) is 16.7. The first-order valence-electron chi connectivity index (χ1n) is 10.8. The molecule has 0 aliphatic rings. The quantitative estimate of drug-likeness (QED) is 0.349. The van der Waals surface area contributed by atoms with E-state index in [4.69, 9.17) is 4.74 Å². The number of nitriles is 1. The Morgan fingerprint density at radius 3 is 2.37 bits per heavy atom. The first kappa shape index (κ1) is 24.0. The van der Waals surface area contributed by atoms with Crippen molar-refractivity contribution in [2.45, 2.75) is 31.9 Å². The Kier molecular flexibility index (Phi) is 6.31.